The molecule has 0 aliphatic heterocycles. The van der Waals surface area contributed by atoms with Crippen LogP contribution in [0, 0.1) is 0 Å². The Kier molecular flexibility index (Phi) is 124. The van der Waals surface area contributed by atoms with E-state index in [1.54, 1.807) is 0 Å². The fourth-order valence-electron chi connectivity index (χ4n) is 0. The van der Waals surface area contributed by atoms with Crippen molar-refractivity contribution in [1.29, 1.82) is 0 Å². The maximum absolute atomic E-state index is 0. The van der Waals surface area contributed by atoms with E-state index in [1.807, 2.05) is 0 Å². The molecule has 0 atom stereocenters. The summed E-state index contributed by atoms with van der Waals surface area (Å²) in [5.41, 5.74) is 0. The molecule has 1 radical (unpaired) electrons. The fourth-order valence-corrected chi connectivity index (χ4v) is 0. The van der Waals surface area contributed by atoms with Crippen molar-refractivity contribution in [1.82, 2.24) is 0 Å². The van der Waals surface area contributed by atoms with E-state index in [-0.39, 0.29) is 94.3 Å². The molecule has 0 bridgehead atoms. The molecule has 0 fully saturated rings. The van der Waals surface area contributed by atoms with E-state index in [9.17, 15) is 0 Å². The molecule has 0 rings (SSSR count). The molecule has 0 aromatic rings. The summed E-state index contributed by atoms with van der Waals surface area (Å²) < 4.78 is 0. The Balaban J connectivity index is 0. The molecule has 0 aliphatic carbocycles. The van der Waals surface area contributed by atoms with Gasteiger partial charge in [-0.1, -0.05) is 0 Å². The zero-order valence-electron chi connectivity index (χ0n) is 1.21. The van der Waals surface area contributed by atoms with Crippen LogP contribution in [0.1, 0.15) is 0 Å². The van der Waals surface area contributed by atoms with Crippen molar-refractivity contribution in [3.63, 3.8) is 0 Å². The third-order valence-electron chi connectivity index (χ3n) is 0. The van der Waals surface area contributed by atoms with Crippen LogP contribution < -0.4 is 0 Å². The summed E-state index contributed by atoms with van der Waals surface area (Å²) in [5, 5.41) is 0. The summed E-state index contributed by atoms with van der Waals surface area (Å²) in [7, 11) is 0. The van der Waals surface area contributed by atoms with E-state index in [0.29, 0.717) is 0 Å². The first-order valence-corrected chi connectivity index (χ1v) is 0. The van der Waals surface area contributed by atoms with E-state index >= 15 is 0 Å². The van der Waals surface area contributed by atoms with Gasteiger partial charge in [0.1, 0.15) is 0 Å². The zero-order valence-corrected chi connectivity index (χ0v) is 5.01. The van der Waals surface area contributed by atoms with E-state index < -0.39 is 0 Å². The monoisotopic (exact) mass is 355 g/mol. The predicted molar refractivity (Wildman–Crippen MR) is 19.6 cm³/mol. The van der Waals surface area contributed by atoms with Crippen molar-refractivity contribution in [2.75, 3.05) is 0 Å². The van der Waals surface area contributed by atoms with Crippen LogP contribution in [0.5, 0.6) is 0 Å². The Labute approximate surface area is 92.1 Å². The fraction of sp³-hybridized carbons (Fsp3) is 0. The van der Waals surface area contributed by atoms with Crippen LogP contribution in [-0.4, -0.2) is 72.5 Å². The van der Waals surface area contributed by atoms with Gasteiger partial charge in [0.15, 0.2) is 0 Å². The van der Waals surface area contributed by atoms with Crippen LogP contribution in [0.25, 0.3) is 0 Å². The number of halogens is 1. The van der Waals surface area contributed by atoms with Gasteiger partial charge in [0, 0.05) is 17.1 Å². The van der Waals surface area contributed by atoms with Crippen LogP contribution in [-0.2, 0) is 17.1 Å². The van der Waals surface area contributed by atoms with Crippen LogP contribution >= 0.6 is 0 Å². The molecule has 0 saturated heterocycles. The molecule has 0 aliphatic rings. The quantitative estimate of drug-likeness (QED) is 0.457. The summed E-state index contributed by atoms with van der Waals surface area (Å²) in [4.78, 5) is 0. The third kappa shape index (κ3) is 8.84. The number of rotatable bonds is 0. The topological polar surface area (TPSA) is 0 Å². The first-order chi connectivity index (χ1) is 0. The maximum atomic E-state index is 0. The van der Waals surface area contributed by atoms with Crippen LogP contribution in [0.2, 0.25) is 0 Å². The summed E-state index contributed by atoms with van der Waals surface area (Å²) in [6.07, 6.45) is 0. The Hall–Kier alpha value is 2.81. The molecule has 0 N–H and O–H groups in total. The molecule has 0 amide bonds. The van der Waals surface area contributed by atoms with E-state index in [4.69, 9.17) is 0 Å². The van der Waals surface area contributed by atoms with E-state index in [1.165, 1.54) is 0 Å². The third-order valence-corrected chi connectivity index (χ3v) is 0. The Bertz CT molecular complexity index is 8.00. The van der Waals surface area contributed by atoms with Gasteiger partial charge in [-0.3, -0.25) is 4.70 Å². The number of hydrogen-bond acceptors (Lipinski definition) is 0. The van der Waals surface area contributed by atoms with Gasteiger partial charge in [-0.05, 0) is 0 Å². The van der Waals surface area contributed by atoms with E-state index in [2.05, 4.69) is 0 Å². The molecule has 0 heterocycles. The van der Waals surface area contributed by atoms with Crippen molar-refractivity contribution in [3.8, 4) is 0 Å². The van der Waals surface area contributed by atoms with Crippen LogP contribution in [0.15, 0.2) is 0 Å². The normalized spacial score (nSPS) is 0. The predicted octanol–water partition coefficient (Wildman–Crippen LogP) is -1.68. The van der Waals surface area contributed by atoms with Gasteiger partial charge in [-0.2, -0.15) is 0 Å². The van der Waals surface area contributed by atoms with Gasteiger partial charge in [-0.15, -0.1) is 0 Å². The van der Waals surface area contributed by atoms with Crippen molar-refractivity contribution in [3.05, 3.63) is 0 Å². The molecule has 4 heteroatoms. The second kappa shape index (κ2) is 17.0. The molecule has 0 aromatic carbocycles. The summed E-state index contributed by atoms with van der Waals surface area (Å²) in [6.45, 7) is 0. The first-order valence-electron chi connectivity index (χ1n) is 0. The minimum absolute atomic E-state index is 0. The molecule has 0 aromatic heterocycles. The molecule has 0 nitrogen and oxygen atoms in total. The minimum atomic E-state index is 0. The van der Waals surface area contributed by atoms with Gasteiger partial charge < -0.3 is 0 Å². The second-order valence-corrected chi connectivity index (χ2v) is 0. The summed E-state index contributed by atoms with van der Waals surface area (Å²) in [5.74, 6) is 0. The Morgan fingerprint density at radius 1 is 1.00 bits per heavy atom. The molecular formula is H5BaCuFTe. The van der Waals surface area contributed by atoms with Gasteiger partial charge in [0.25, 0.3) is 0 Å². The van der Waals surface area contributed by atoms with Crippen molar-refractivity contribution >= 4 is 72.5 Å². The molecular weight excluding hydrogens is 347 g/mol. The summed E-state index contributed by atoms with van der Waals surface area (Å²) >= 11 is 0. The molecule has 0 unspecified atom stereocenters. The van der Waals surface area contributed by atoms with Gasteiger partial charge in [0.05, 0.1) is 0 Å². The molecule has 0 saturated carbocycles. The van der Waals surface area contributed by atoms with Gasteiger partial charge in [0.2, 0.25) is 0 Å². The first kappa shape index (κ1) is 29.1. The van der Waals surface area contributed by atoms with Crippen LogP contribution in [0.3, 0.4) is 0 Å². The summed E-state index contributed by atoms with van der Waals surface area (Å²) in [6, 6.07) is 0. The Morgan fingerprint density at radius 2 is 1.00 bits per heavy atom. The SMILES string of the molecule is F.[BaH2].[Cu].[TeH2]. The van der Waals surface area contributed by atoms with Crippen molar-refractivity contribution < 1.29 is 21.8 Å². The number of hydrogen-bond donors (Lipinski definition) is 0. The van der Waals surface area contributed by atoms with Gasteiger partial charge >= 0.3 is 72.5 Å². The average molecular weight is 353 g/mol. The zero-order chi connectivity index (χ0) is 0. The van der Waals surface area contributed by atoms with E-state index in [0.717, 1.165) is 0 Å². The van der Waals surface area contributed by atoms with Crippen molar-refractivity contribution in [2.24, 2.45) is 0 Å². The molecule has 0 spiro atoms. The van der Waals surface area contributed by atoms with Crippen molar-refractivity contribution in [2.45, 2.75) is 0 Å². The second-order valence-electron chi connectivity index (χ2n) is 0. The van der Waals surface area contributed by atoms with Gasteiger partial charge in [-0.25, -0.2) is 0 Å². The van der Waals surface area contributed by atoms with Crippen LogP contribution in [0.4, 0.5) is 4.70 Å². The Morgan fingerprint density at radius 3 is 1.00 bits per heavy atom. The molecule has 31 valence electrons. The average Bonchev–Trinajstić information content (AvgIpc) is 0. The standard InChI is InChI=1S/Ba.Cu.FH.H2Te.2H/h;;1H;1H2;;. The molecule has 4 heavy (non-hydrogen) atoms.